The Morgan fingerprint density at radius 2 is 1.96 bits per heavy atom. The lowest BCUT2D eigenvalue weighted by Gasteiger charge is -2.25. The fraction of sp³-hybridized carbons (Fsp3) is 0.263. The van der Waals surface area contributed by atoms with Crippen LogP contribution in [0.5, 0.6) is 0 Å². The molecule has 5 heteroatoms. The van der Waals surface area contributed by atoms with Crippen LogP contribution in [-0.4, -0.2) is 18.3 Å². The zero-order valence-electron chi connectivity index (χ0n) is 13.5. The molecule has 0 aromatic heterocycles. The van der Waals surface area contributed by atoms with Crippen molar-refractivity contribution < 1.29 is 9.53 Å². The lowest BCUT2D eigenvalue weighted by molar-refractivity contribution is -0.128. The van der Waals surface area contributed by atoms with Gasteiger partial charge in [-0.05, 0) is 24.6 Å². The molecule has 0 aliphatic carbocycles. The molecule has 1 unspecified atom stereocenters. The van der Waals surface area contributed by atoms with Crippen LogP contribution in [0.25, 0.3) is 0 Å². The molecule has 4 nitrogen and oxygen atoms in total. The van der Waals surface area contributed by atoms with Gasteiger partial charge in [0.1, 0.15) is 0 Å². The Hall–Kier alpha value is -2.33. The number of rotatable bonds is 5. The van der Waals surface area contributed by atoms with Crippen LogP contribution in [0.3, 0.4) is 0 Å². The Morgan fingerprint density at radius 3 is 2.75 bits per heavy atom. The Bertz CT molecular complexity index is 773. The van der Waals surface area contributed by atoms with Gasteiger partial charge in [-0.2, -0.15) is 0 Å². The van der Waals surface area contributed by atoms with Gasteiger partial charge in [0.25, 0.3) is 5.91 Å². The third kappa shape index (κ3) is 3.44. The smallest absolute Gasteiger partial charge is 0.265 e. The highest BCUT2D eigenvalue weighted by atomic mass is 35.5. The number of halogens is 1. The maximum atomic E-state index is 12.6. The SMILES string of the molecule is CCCCNC(=O)C1OC(c2ccccc2Cl)=Nc2ccccc21. The van der Waals surface area contributed by atoms with Crippen molar-refractivity contribution in [3.8, 4) is 0 Å². The van der Waals surface area contributed by atoms with Crippen LogP contribution >= 0.6 is 11.6 Å². The maximum Gasteiger partial charge on any atom is 0.265 e. The molecule has 1 N–H and O–H groups in total. The number of amides is 1. The van der Waals surface area contributed by atoms with Gasteiger partial charge in [-0.1, -0.05) is 55.3 Å². The van der Waals surface area contributed by atoms with E-state index in [9.17, 15) is 4.79 Å². The summed E-state index contributed by atoms with van der Waals surface area (Å²) in [5.74, 6) is 0.213. The summed E-state index contributed by atoms with van der Waals surface area (Å²) in [5.41, 5.74) is 2.18. The van der Waals surface area contributed by atoms with Gasteiger partial charge in [-0.15, -0.1) is 0 Å². The van der Waals surface area contributed by atoms with Gasteiger partial charge in [0.15, 0.2) is 0 Å². The highest BCUT2D eigenvalue weighted by molar-refractivity contribution is 6.34. The molecule has 0 spiro atoms. The molecule has 3 rings (SSSR count). The van der Waals surface area contributed by atoms with E-state index < -0.39 is 6.10 Å². The standard InChI is InChI=1S/C19H19ClN2O2/c1-2-3-12-21-18(23)17-14-9-5-7-11-16(14)22-19(24-17)13-8-4-6-10-15(13)20/h4-11,17H,2-3,12H2,1H3,(H,21,23). The molecule has 2 aromatic carbocycles. The van der Waals surface area contributed by atoms with Crippen LogP contribution in [0.4, 0.5) is 5.69 Å². The van der Waals surface area contributed by atoms with E-state index in [1.807, 2.05) is 42.5 Å². The molecule has 0 saturated heterocycles. The Balaban J connectivity index is 1.93. The molecular formula is C19H19ClN2O2. The summed E-state index contributed by atoms with van der Waals surface area (Å²) in [4.78, 5) is 17.1. The van der Waals surface area contributed by atoms with E-state index in [4.69, 9.17) is 16.3 Å². The number of para-hydroxylation sites is 1. The number of nitrogens with zero attached hydrogens (tertiary/aromatic N) is 1. The van der Waals surface area contributed by atoms with Gasteiger partial charge < -0.3 is 10.1 Å². The van der Waals surface area contributed by atoms with E-state index in [2.05, 4.69) is 17.2 Å². The lowest BCUT2D eigenvalue weighted by atomic mass is 10.0. The van der Waals surface area contributed by atoms with Crippen LogP contribution in [0.1, 0.15) is 37.0 Å². The summed E-state index contributed by atoms with van der Waals surface area (Å²) in [7, 11) is 0. The lowest BCUT2D eigenvalue weighted by Crippen LogP contribution is -2.34. The average Bonchev–Trinajstić information content (AvgIpc) is 2.61. The van der Waals surface area contributed by atoms with Crippen molar-refractivity contribution in [3.63, 3.8) is 0 Å². The van der Waals surface area contributed by atoms with Crippen molar-refractivity contribution in [3.05, 3.63) is 64.7 Å². The summed E-state index contributed by atoms with van der Waals surface area (Å²) in [6.45, 7) is 2.72. The second-order valence-corrected chi connectivity index (χ2v) is 6.01. The largest absolute Gasteiger partial charge is 0.459 e. The fourth-order valence-electron chi connectivity index (χ4n) is 2.56. The van der Waals surface area contributed by atoms with Crippen LogP contribution in [0.2, 0.25) is 5.02 Å². The Labute approximate surface area is 146 Å². The molecule has 0 saturated carbocycles. The summed E-state index contributed by atoms with van der Waals surface area (Å²) < 4.78 is 5.93. The molecule has 1 aliphatic heterocycles. The van der Waals surface area contributed by atoms with Crippen LogP contribution < -0.4 is 5.32 Å². The number of unbranched alkanes of at least 4 members (excludes halogenated alkanes) is 1. The molecule has 0 bridgehead atoms. The summed E-state index contributed by atoms with van der Waals surface area (Å²) in [5, 5.41) is 3.47. The average molecular weight is 343 g/mol. The fourth-order valence-corrected chi connectivity index (χ4v) is 2.77. The highest BCUT2D eigenvalue weighted by Gasteiger charge is 2.30. The van der Waals surface area contributed by atoms with Crippen molar-refractivity contribution in [2.45, 2.75) is 25.9 Å². The second kappa shape index (κ2) is 7.49. The van der Waals surface area contributed by atoms with Crippen molar-refractivity contribution >= 4 is 29.1 Å². The minimum atomic E-state index is -0.721. The molecule has 124 valence electrons. The van der Waals surface area contributed by atoms with Crippen LogP contribution in [0, 0.1) is 0 Å². The minimum absolute atomic E-state index is 0.157. The van der Waals surface area contributed by atoms with Gasteiger partial charge in [0.2, 0.25) is 12.0 Å². The molecule has 2 aromatic rings. The maximum absolute atomic E-state index is 12.6. The van der Waals surface area contributed by atoms with E-state index in [1.54, 1.807) is 6.07 Å². The van der Waals surface area contributed by atoms with Gasteiger partial charge in [-0.3, -0.25) is 4.79 Å². The summed E-state index contributed by atoms with van der Waals surface area (Å²) >= 11 is 6.25. The van der Waals surface area contributed by atoms with Crippen molar-refractivity contribution in [2.24, 2.45) is 4.99 Å². The molecule has 1 heterocycles. The number of benzene rings is 2. The molecule has 0 fully saturated rings. The number of hydrogen-bond donors (Lipinski definition) is 1. The molecule has 0 radical (unpaired) electrons. The zero-order valence-corrected chi connectivity index (χ0v) is 14.2. The first-order valence-corrected chi connectivity index (χ1v) is 8.45. The van der Waals surface area contributed by atoms with Gasteiger partial charge in [-0.25, -0.2) is 4.99 Å². The topological polar surface area (TPSA) is 50.7 Å². The zero-order chi connectivity index (χ0) is 16.9. The normalized spacial score (nSPS) is 15.9. The molecule has 24 heavy (non-hydrogen) atoms. The predicted molar refractivity (Wildman–Crippen MR) is 95.8 cm³/mol. The summed E-state index contributed by atoms with van der Waals surface area (Å²) in [6.07, 6.45) is 1.24. The van der Waals surface area contributed by atoms with Gasteiger partial charge >= 0.3 is 0 Å². The number of hydrogen-bond acceptors (Lipinski definition) is 3. The number of nitrogens with one attached hydrogen (secondary N) is 1. The monoisotopic (exact) mass is 342 g/mol. The van der Waals surface area contributed by atoms with Crippen molar-refractivity contribution in [1.29, 1.82) is 0 Å². The quantitative estimate of drug-likeness (QED) is 0.818. The molecule has 1 amide bonds. The highest BCUT2D eigenvalue weighted by Crippen LogP contribution is 2.35. The van der Waals surface area contributed by atoms with Gasteiger partial charge in [0.05, 0.1) is 16.3 Å². The third-order valence-corrected chi connectivity index (χ3v) is 4.17. The van der Waals surface area contributed by atoms with Crippen LogP contribution in [-0.2, 0) is 9.53 Å². The van der Waals surface area contributed by atoms with E-state index in [0.717, 1.165) is 24.1 Å². The van der Waals surface area contributed by atoms with E-state index in [0.29, 0.717) is 23.0 Å². The molecular weight excluding hydrogens is 324 g/mol. The van der Waals surface area contributed by atoms with Crippen molar-refractivity contribution in [1.82, 2.24) is 5.32 Å². The minimum Gasteiger partial charge on any atom is -0.459 e. The molecule has 1 aliphatic rings. The number of fused-ring (bicyclic) bond motifs is 1. The first-order valence-electron chi connectivity index (χ1n) is 8.07. The first kappa shape index (κ1) is 16.5. The molecule has 1 atom stereocenters. The Kier molecular flexibility index (Phi) is 5.16. The number of carbonyl (C=O) groups is 1. The second-order valence-electron chi connectivity index (χ2n) is 5.60. The Morgan fingerprint density at radius 1 is 1.21 bits per heavy atom. The van der Waals surface area contributed by atoms with Crippen molar-refractivity contribution in [2.75, 3.05) is 6.54 Å². The van der Waals surface area contributed by atoms with E-state index in [1.165, 1.54) is 0 Å². The predicted octanol–water partition coefficient (Wildman–Crippen LogP) is 4.41. The number of ether oxygens (including phenoxy) is 1. The number of carbonyl (C=O) groups excluding carboxylic acids is 1. The van der Waals surface area contributed by atoms with Crippen LogP contribution in [0.15, 0.2) is 53.5 Å². The van der Waals surface area contributed by atoms with E-state index in [-0.39, 0.29) is 5.91 Å². The third-order valence-electron chi connectivity index (χ3n) is 3.84. The van der Waals surface area contributed by atoms with E-state index >= 15 is 0 Å². The number of aliphatic imine (C=N–C) groups is 1. The summed E-state index contributed by atoms with van der Waals surface area (Å²) in [6, 6.07) is 14.8. The van der Waals surface area contributed by atoms with Gasteiger partial charge in [0, 0.05) is 12.1 Å². The first-order chi connectivity index (χ1) is 11.7.